The fourth-order valence-corrected chi connectivity index (χ4v) is 1.94. The van der Waals surface area contributed by atoms with Crippen molar-refractivity contribution in [1.82, 2.24) is 5.48 Å². The van der Waals surface area contributed by atoms with Crippen LogP contribution in [0.4, 0.5) is 0 Å². The maximum atomic E-state index is 5.62. The molecule has 1 N–H and O–H groups in total. The van der Waals surface area contributed by atoms with Gasteiger partial charge in [0.25, 0.3) is 0 Å². The molecular formula is C18H21NO. The first-order valence-corrected chi connectivity index (χ1v) is 6.77. The molecule has 0 aliphatic rings. The second kappa shape index (κ2) is 6.51. The van der Waals surface area contributed by atoms with E-state index in [-0.39, 0.29) is 5.54 Å². The van der Waals surface area contributed by atoms with Gasteiger partial charge in [0.05, 0.1) is 12.1 Å². The highest BCUT2D eigenvalue weighted by Crippen LogP contribution is 2.24. The molecule has 0 amide bonds. The molecule has 0 aliphatic heterocycles. The fraction of sp³-hybridized carbons (Fsp3) is 0.222. The van der Waals surface area contributed by atoms with E-state index in [1.165, 1.54) is 0 Å². The summed E-state index contributed by atoms with van der Waals surface area (Å²) in [6.45, 7) is 8.84. The molecular weight excluding hydrogens is 246 g/mol. The van der Waals surface area contributed by atoms with E-state index in [9.17, 15) is 0 Å². The Morgan fingerprint density at radius 3 is 2.15 bits per heavy atom. The molecule has 0 heterocycles. The normalized spacial score (nSPS) is 11.3. The van der Waals surface area contributed by atoms with Gasteiger partial charge in [-0.2, -0.15) is 5.48 Å². The molecule has 0 unspecified atom stereocenters. The van der Waals surface area contributed by atoms with Gasteiger partial charge in [-0.25, -0.2) is 0 Å². The van der Waals surface area contributed by atoms with Crippen molar-refractivity contribution in [3.8, 4) is 0 Å². The number of hydroxylamine groups is 1. The fourth-order valence-electron chi connectivity index (χ4n) is 1.94. The molecule has 20 heavy (non-hydrogen) atoms. The first-order chi connectivity index (χ1) is 9.59. The average molecular weight is 267 g/mol. The van der Waals surface area contributed by atoms with Crippen LogP contribution in [0.25, 0.3) is 5.57 Å². The highest BCUT2D eigenvalue weighted by Gasteiger charge is 2.22. The van der Waals surface area contributed by atoms with Crippen LogP contribution in [0.2, 0.25) is 0 Å². The second-order valence-electron chi connectivity index (χ2n) is 5.35. The van der Waals surface area contributed by atoms with Crippen molar-refractivity contribution in [2.45, 2.75) is 26.0 Å². The molecule has 2 aromatic carbocycles. The number of nitrogens with one attached hydrogen (secondary N) is 1. The Hall–Kier alpha value is -1.90. The maximum Gasteiger partial charge on any atom is 0.0933 e. The summed E-state index contributed by atoms with van der Waals surface area (Å²) in [6, 6.07) is 20.2. The van der Waals surface area contributed by atoms with E-state index in [2.05, 4.69) is 38.0 Å². The largest absolute Gasteiger partial charge is 0.296 e. The van der Waals surface area contributed by atoms with Crippen molar-refractivity contribution in [3.05, 3.63) is 78.4 Å². The zero-order valence-corrected chi connectivity index (χ0v) is 12.1. The van der Waals surface area contributed by atoms with Crippen LogP contribution < -0.4 is 5.48 Å². The summed E-state index contributed by atoms with van der Waals surface area (Å²) in [5.74, 6) is 0. The first kappa shape index (κ1) is 14.5. The summed E-state index contributed by atoms with van der Waals surface area (Å²) >= 11 is 0. The third-order valence-electron chi connectivity index (χ3n) is 3.29. The van der Waals surface area contributed by atoms with Crippen LogP contribution in [0.3, 0.4) is 0 Å². The molecule has 0 saturated heterocycles. The van der Waals surface area contributed by atoms with Crippen molar-refractivity contribution in [3.63, 3.8) is 0 Å². The molecule has 0 fully saturated rings. The molecule has 0 saturated carbocycles. The topological polar surface area (TPSA) is 21.3 Å². The lowest BCUT2D eigenvalue weighted by atomic mass is 9.90. The summed E-state index contributed by atoms with van der Waals surface area (Å²) in [5.41, 5.74) is 6.05. The van der Waals surface area contributed by atoms with Gasteiger partial charge in [-0.3, -0.25) is 4.84 Å². The van der Waals surface area contributed by atoms with Gasteiger partial charge in [0, 0.05) is 0 Å². The minimum absolute atomic E-state index is 0.323. The van der Waals surface area contributed by atoms with Gasteiger partial charge in [-0.15, -0.1) is 0 Å². The van der Waals surface area contributed by atoms with Crippen LogP contribution >= 0.6 is 0 Å². The monoisotopic (exact) mass is 267 g/mol. The van der Waals surface area contributed by atoms with Gasteiger partial charge in [-0.05, 0) is 30.5 Å². The summed E-state index contributed by atoms with van der Waals surface area (Å²) in [5, 5.41) is 0. The number of rotatable bonds is 6. The van der Waals surface area contributed by atoms with Crippen LogP contribution in [0.5, 0.6) is 0 Å². The molecule has 0 atom stereocenters. The minimum Gasteiger partial charge on any atom is -0.296 e. The third kappa shape index (κ3) is 3.80. The van der Waals surface area contributed by atoms with Crippen molar-refractivity contribution >= 4 is 5.57 Å². The van der Waals surface area contributed by atoms with Gasteiger partial charge in [0.2, 0.25) is 0 Å². The van der Waals surface area contributed by atoms with Crippen LogP contribution in [-0.4, -0.2) is 5.54 Å². The van der Waals surface area contributed by atoms with Crippen molar-refractivity contribution < 1.29 is 4.84 Å². The van der Waals surface area contributed by atoms with Crippen molar-refractivity contribution in [2.75, 3.05) is 0 Å². The Balaban J connectivity index is 1.92. The van der Waals surface area contributed by atoms with E-state index in [1.807, 2.05) is 48.5 Å². The molecule has 2 aromatic rings. The summed E-state index contributed by atoms with van der Waals surface area (Å²) < 4.78 is 0. The Labute approximate surface area is 121 Å². The Morgan fingerprint density at radius 1 is 1.00 bits per heavy atom. The average Bonchev–Trinajstić information content (AvgIpc) is 2.48. The van der Waals surface area contributed by atoms with E-state index in [1.54, 1.807) is 0 Å². The smallest absolute Gasteiger partial charge is 0.0933 e. The van der Waals surface area contributed by atoms with Gasteiger partial charge in [0.15, 0.2) is 0 Å². The van der Waals surface area contributed by atoms with Gasteiger partial charge < -0.3 is 0 Å². The Bertz CT molecular complexity index is 546. The van der Waals surface area contributed by atoms with E-state index < -0.39 is 0 Å². The minimum atomic E-state index is -0.323. The van der Waals surface area contributed by atoms with E-state index in [0.717, 1.165) is 16.7 Å². The van der Waals surface area contributed by atoms with Crippen LogP contribution in [0, 0.1) is 0 Å². The predicted octanol–water partition coefficient (Wildman–Crippen LogP) is 4.20. The van der Waals surface area contributed by atoms with E-state index in [4.69, 9.17) is 4.84 Å². The predicted molar refractivity (Wildman–Crippen MR) is 83.9 cm³/mol. The zero-order valence-electron chi connectivity index (χ0n) is 12.1. The Kier molecular flexibility index (Phi) is 4.72. The summed E-state index contributed by atoms with van der Waals surface area (Å²) in [4.78, 5) is 5.62. The molecule has 0 aromatic heterocycles. The summed E-state index contributed by atoms with van der Waals surface area (Å²) in [7, 11) is 0. The highest BCUT2D eigenvalue weighted by atomic mass is 16.6. The SMILES string of the molecule is C=C(c1ccccc1)C(C)(C)NOCc1ccccc1. The number of benzene rings is 2. The zero-order chi connectivity index (χ0) is 14.4. The Morgan fingerprint density at radius 2 is 1.55 bits per heavy atom. The highest BCUT2D eigenvalue weighted by molar-refractivity contribution is 5.70. The van der Waals surface area contributed by atoms with Crippen LogP contribution in [0.15, 0.2) is 67.2 Å². The lowest BCUT2D eigenvalue weighted by Gasteiger charge is -2.28. The molecule has 0 bridgehead atoms. The van der Waals surface area contributed by atoms with Gasteiger partial charge in [0.1, 0.15) is 0 Å². The molecule has 2 nitrogen and oxygen atoms in total. The molecule has 0 spiro atoms. The molecule has 2 heteroatoms. The summed E-state index contributed by atoms with van der Waals surface area (Å²) in [6.07, 6.45) is 0. The van der Waals surface area contributed by atoms with Gasteiger partial charge in [-0.1, -0.05) is 67.2 Å². The molecule has 2 rings (SSSR count). The maximum absolute atomic E-state index is 5.62. The van der Waals surface area contributed by atoms with E-state index >= 15 is 0 Å². The first-order valence-electron chi connectivity index (χ1n) is 6.77. The molecule has 104 valence electrons. The lowest BCUT2D eigenvalue weighted by molar-refractivity contribution is -0.00595. The number of hydrogen-bond donors (Lipinski definition) is 1. The number of hydrogen-bond acceptors (Lipinski definition) is 2. The lowest BCUT2D eigenvalue weighted by Crippen LogP contribution is -2.39. The van der Waals surface area contributed by atoms with E-state index in [0.29, 0.717) is 6.61 Å². The van der Waals surface area contributed by atoms with Crippen molar-refractivity contribution in [1.29, 1.82) is 0 Å². The second-order valence-corrected chi connectivity index (χ2v) is 5.35. The third-order valence-corrected chi connectivity index (χ3v) is 3.29. The molecule has 0 aliphatic carbocycles. The standard InChI is InChI=1S/C18H21NO/c1-15(17-12-8-5-9-13-17)18(2,3)19-20-14-16-10-6-4-7-11-16/h4-13,19H,1,14H2,2-3H3. The molecule has 0 radical (unpaired) electrons. The van der Waals surface area contributed by atoms with Crippen LogP contribution in [0.1, 0.15) is 25.0 Å². The van der Waals surface area contributed by atoms with Crippen molar-refractivity contribution in [2.24, 2.45) is 0 Å². The quantitative estimate of drug-likeness (QED) is 0.792. The van der Waals surface area contributed by atoms with Crippen LogP contribution in [-0.2, 0) is 11.4 Å². The van der Waals surface area contributed by atoms with Gasteiger partial charge >= 0.3 is 0 Å².